The average Bonchev–Trinajstić information content (AvgIpc) is 3.52. The highest BCUT2D eigenvalue weighted by Crippen LogP contribution is 2.69. The Labute approximate surface area is 317 Å². The largest absolute Gasteiger partial charge is 0.393 e. The van der Waals surface area contributed by atoms with E-state index in [1.807, 2.05) is 41.5 Å². The molecule has 0 saturated heterocycles. The summed E-state index contributed by atoms with van der Waals surface area (Å²) < 4.78 is 30.4. The highest BCUT2D eigenvalue weighted by Gasteiger charge is 2.67. The number of allylic oxidation sites excluding steroid dienone is 8. The summed E-state index contributed by atoms with van der Waals surface area (Å²) in [6, 6.07) is 0. The number of aliphatic hydroxyl groups is 4. The molecule has 0 spiro atoms. The van der Waals surface area contributed by atoms with Gasteiger partial charge in [-0.25, -0.2) is 8.78 Å². The van der Waals surface area contributed by atoms with E-state index in [2.05, 4.69) is 0 Å². The van der Waals surface area contributed by atoms with Crippen molar-refractivity contribution >= 4 is 23.1 Å². The number of aliphatic hydroxyl groups excluding tert-OH is 4. The van der Waals surface area contributed by atoms with Crippen LogP contribution in [-0.2, 0) is 19.2 Å². The van der Waals surface area contributed by atoms with Crippen molar-refractivity contribution in [2.24, 2.45) is 80.8 Å². The van der Waals surface area contributed by atoms with Crippen molar-refractivity contribution in [3.05, 3.63) is 47.6 Å². The van der Waals surface area contributed by atoms with Gasteiger partial charge in [-0.1, -0.05) is 53.7 Å². The summed E-state index contributed by atoms with van der Waals surface area (Å²) in [5, 5.41) is 41.3. The van der Waals surface area contributed by atoms with Crippen molar-refractivity contribution in [1.29, 1.82) is 0 Å². The molecule has 0 heterocycles. The van der Waals surface area contributed by atoms with Crippen molar-refractivity contribution in [2.75, 3.05) is 13.2 Å². The fourth-order valence-electron chi connectivity index (χ4n) is 15.0. The second-order valence-electron chi connectivity index (χ2n) is 19.4. The van der Waals surface area contributed by atoms with Crippen LogP contribution in [0.25, 0.3) is 0 Å². The Kier molecular flexibility index (Phi) is 9.88. The highest BCUT2D eigenvalue weighted by atomic mass is 19.1. The molecular weight excluding hydrogens is 694 g/mol. The number of ketones is 4. The number of hydrogen-bond acceptors (Lipinski definition) is 8. The van der Waals surface area contributed by atoms with E-state index in [4.69, 9.17) is 0 Å². The van der Waals surface area contributed by atoms with E-state index >= 15 is 8.78 Å². The lowest BCUT2D eigenvalue weighted by Gasteiger charge is -2.59. The number of halogens is 2. The van der Waals surface area contributed by atoms with Gasteiger partial charge in [-0.3, -0.25) is 19.2 Å². The lowest BCUT2D eigenvalue weighted by Crippen LogP contribution is -2.58. The fraction of sp³-hybridized carbons (Fsp3) is 0.727. The lowest BCUT2D eigenvalue weighted by molar-refractivity contribution is -0.145. The van der Waals surface area contributed by atoms with Crippen LogP contribution in [0.4, 0.5) is 8.78 Å². The van der Waals surface area contributed by atoms with Gasteiger partial charge in [-0.2, -0.15) is 0 Å². The van der Waals surface area contributed by atoms with E-state index in [0.717, 1.165) is 12.8 Å². The van der Waals surface area contributed by atoms with Crippen molar-refractivity contribution in [3.8, 4) is 0 Å². The fourth-order valence-corrected chi connectivity index (χ4v) is 15.0. The summed E-state index contributed by atoms with van der Waals surface area (Å²) in [7, 11) is 0. The molecule has 0 aromatic heterocycles. The van der Waals surface area contributed by atoms with Gasteiger partial charge in [0.2, 0.25) is 0 Å². The highest BCUT2D eigenvalue weighted by molar-refractivity contribution is 6.02. The minimum absolute atomic E-state index is 0.0484. The van der Waals surface area contributed by atoms with Gasteiger partial charge in [-0.05, 0) is 120 Å². The third-order valence-corrected chi connectivity index (χ3v) is 16.6. The number of rotatable bonds is 4. The molecule has 8 rings (SSSR count). The molecule has 6 saturated carbocycles. The van der Waals surface area contributed by atoms with Gasteiger partial charge in [0.1, 0.15) is 25.6 Å². The molecule has 10 heteroatoms. The molecule has 8 nitrogen and oxygen atoms in total. The van der Waals surface area contributed by atoms with E-state index in [1.165, 1.54) is 24.3 Å². The molecule has 0 bridgehead atoms. The second kappa shape index (κ2) is 13.5. The van der Waals surface area contributed by atoms with Crippen molar-refractivity contribution in [2.45, 2.75) is 105 Å². The van der Waals surface area contributed by atoms with Crippen LogP contribution in [0, 0.1) is 80.8 Å². The summed E-state index contributed by atoms with van der Waals surface area (Å²) in [6.45, 7) is 11.1. The van der Waals surface area contributed by atoms with Crippen LogP contribution in [0.5, 0.6) is 0 Å². The predicted octanol–water partition coefficient (Wildman–Crippen LogP) is 5.27. The molecule has 8 aliphatic rings. The maximum atomic E-state index is 15.2. The minimum Gasteiger partial charge on any atom is -0.393 e. The Morgan fingerprint density at radius 1 is 0.667 bits per heavy atom. The Hall–Kier alpha value is -2.66. The molecule has 0 amide bonds. The van der Waals surface area contributed by atoms with E-state index in [0.29, 0.717) is 24.0 Å². The van der Waals surface area contributed by atoms with Crippen LogP contribution >= 0.6 is 0 Å². The number of Topliss-reactive ketones (excluding diaryl/α,β-unsaturated/α-hetero) is 2. The first-order valence-corrected chi connectivity index (χ1v) is 20.1. The molecule has 0 radical (unpaired) electrons. The zero-order valence-electron chi connectivity index (χ0n) is 32.4. The predicted molar refractivity (Wildman–Crippen MR) is 197 cm³/mol. The first-order chi connectivity index (χ1) is 25.3. The zero-order chi connectivity index (χ0) is 39.4. The van der Waals surface area contributed by atoms with Crippen LogP contribution in [0.3, 0.4) is 0 Å². The van der Waals surface area contributed by atoms with Crippen molar-refractivity contribution in [3.63, 3.8) is 0 Å². The SMILES string of the molecule is C[C@@H]1C[C@H]2[C@@H]3C[C@H](F)C4=CC(=O)C=C[C@]4(C)[C@H]3[C@@H](O)C[C@]2(C)[C@H]1C(=O)CO.C[C@@H]1C[C@H]2[C@@H]3C[C@H](F)C4=CC(=O)C=C[C@]4(C)[C@H]3[C@@H](O)C[C@]2(C)[C@H]1C(=O)CO. The normalized spacial score (nSPS) is 51.3. The third kappa shape index (κ3) is 5.61. The van der Waals surface area contributed by atoms with Crippen LogP contribution in [0.2, 0.25) is 0 Å². The molecule has 0 aliphatic heterocycles. The Bertz CT molecular complexity index is 1610. The number of alkyl halides is 2. The molecule has 0 unspecified atom stereocenters. The molecule has 4 N–H and O–H groups in total. The lowest BCUT2D eigenvalue weighted by atomic mass is 9.46. The second-order valence-corrected chi connectivity index (χ2v) is 19.4. The summed E-state index contributed by atoms with van der Waals surface area (Å²) in [5.41, 5.74) is -1.20. The van der Waals surface area contributed by atoms with Gasteiger partial charge in [-0.15, -0.1) is 0 Å². The van der Waals surface area contributed by atoms with E-state index in [9.17, 15) is 39.6 Å². The zero-order valence-corrected chi connectivity index (χ0v) is 32.4. The summed E-state index contributed by atoms with van der Waals surface area (Å²) in [6.07, 6.45) is 8.78. The Morgan fingerprint density at radius 3 is 1.35 bits per heavy atom. The van der Waals surface area contributed by atoms with E-state index < -0.39 is 59.4 Å². The van der Waals surface area contributed by atoms with Gasteiger partial charge in [0.15, 0.2) is 23.1 Å². The third-order valence-electron chi connectivity index (χ3n) is 16.6. The molecule has 0 aromatic rings. The number of hydrogen-bond donors (Lipinski definition) is 4. The van der Waals surface area contributed by atoms with Crippen LogP contribution < -0.4 is 0 Å². The van der Waals surface area contributed by atoms with Crippen molar-refractivity contribution < 1.29 is 48.4 Å². The standard InChI is InChI=1S/2C22H29FO4/c2*1-11-6-14-13-8-16(23)15-7-12(25)4-5-21(15,2)20(13)17(26)9-22(14,3)19(11)18(27)10-24/h2*4-5,7,11,13-14,16-17,19-20,24,26H,6,8-10H2,1-3H3/t2*11-,13+,14+,16+,17+,19-,20-,21+,22+/m11/s1. The topological polar surface area (TPSA) is 149 Å². The monoisotopic (exact) mass is 752 g/mol. The van der Waals surface area contributed by atoms with Crippen LogP contribution in [0.15, 0.2) is 47.6 Å². The van der Waals surface area contributed by atoms with Crippen LogP contribution in [0.1, 0.15) is 80.1 Å². The maximum absolute atomic E-state index is 15.2. The van der Waals surface area contributed by atoms with E-state index in [-0.39, 0.29) is 95.2 Å². The Balaban J connectivity index is 0.000000167. The molecule has 6 fully saturated rings. The first kappa shape index (κ1) is 39.6. The van der Waals surface area contributed by atoms with Crippen LogP contribution in [-0.4, -0.2) is 81.3 Å². The van der Waals surface area contributed by atoms with Gasteiger partial charge < -0.3 is 20.4 Å². The maximum Gasteiger partial charge on any atom is 0.178 e. The smallest absolute Gasteiger partial charge is 0.178 e. The van der Waals surface area contributed by atoms with Gasteiger partial charge >= 0.3 is 0 Å². The van der Waals surface area contributed by atoms with Gasteiger partial charge in [0.25, 0.3) is 0 Å². The average molecular weight is 753 g/mol. The summed E-state index contributed by atoms with van der Waals surface area (Å²) in [5.74, 6) is -1.25. The molecule has 8 aliphatic carbocycles. The first-order valence-electron chi connectivity index (χ1n) is 20.1. The van der Waals surface area contributed by atoms with E-state index in [1.54, 1.807) is 12.2 Å². The summed E-state index contributed by atoms with van der Waals surface area (Å²) in [4.78, 5) is 48.6. The molecule has 18 atom stereocenters. The molecule has 296 valence electrons. The van der Waals surface area contributed by atoms with Crippen molar-refractivity contribution in [1.82, 2.24) is 0 Å². The number of carbonyl (C=O) groups is 4. The van der Waals surface area contributed by atoms with Gasteiger partial charge in [0.05, 0.1) is 12.2 Å². The Morgan fingerprint density at radius 2 is 1.02 bits per heavy atom. The molecule has 54 heavy (non-hydrogen) atoms. The quantitative estimate of drug-likeness (QED) is 0.304. The minimum atomic E-state index is -1.21. The molecule has 0 aromatic carbocycles. The number of fused-ring (bicyclic) bond motifs is 10. The number of carbonyl (C=O) groups excluding carboxylic acids is 4. The molecular formula is C44H58F2O8. The summed E-state index contributed by atoms with van der Waals surface area (Å²) >= 11 is 0. The van der Waals surface area contributed by atoms with Gasteiger partial charge in [0, 0.05) is 34.5 Å².